The van der Waals surface area contributed by atoms with Crippen molar-refractivity contribution in [1.82, 2.24) is 4.98 Å². The molecule has 0 radical (unpaired) electrons. The molecule has 0 saturated heterocycles. The highest BCUT2D eigenvalue weighted by Gasteiger charge is 2.08. The molecule has 1 aromatic carbocycles. The Kier molecular flexibility index (Phi) is 3.87. The summed E-state index contributed by atoms with van der Waals surface area (Å²) in [7, 11) is 0. The fourth-order valence-electron chi connectivity index (χ4n) is 1.62. The van der Waals surface area contributed by atoms with E-state index in [0.717, 1.165) is 0 Å². The third-order valence-electron chi connectivity index (χ3n) is 2.68. The molecule has 2 aromatic rings. The highest BCUT2D eigenvalue weighted by molar-refractivity contribution is 6.04. The Labute approximate surface area is 115 Å². The van der Waals surface area contributed by atoms with Gasteiger partial charge >= 0.3 is 0 Å². The lowest BCUT2D eigenvalue weighted by Gasteiger charge is -2.05. The molecule has 5 nitrogen and oxygen atoms in total. The van der Waals surface area contributed by atoms with E-state index in [1.54, 1.807) is 24.3 Å². The first-order valence-electron chi connectivity index (χ1n) is 5.87. The molecule has 5 heteroatoms. The summed E-state index contributed by atoms with van der Waals surface area (Å²) in [4.78, 5) is 26.9. The average molecular weight is 265 g/mol. The van der Waals surface area contributed by atoms with E-state index in [0.29, 0.717) is 22.4 Å². The molecule has 0 saturated carbocycles. The Morgan fingerprint density at radius 3 is 2.45 bits per heavy atom. The van der Waals surface area contributed by atoms with Crippen LogP contribution in [0.25, 0.3) is 0 Å². The molecule has 0 unspecified atom stereocenters. The predicted octanol–water partition coefficient (Wildman–Crippen LogP) is 2.41. The number of anilines is 1. The maximum absolute atomic E-state index is 12.0. The third kappa shape index (κ3) is 3.06. The first kappa shape index (κ1) is 13.4. The number of rotatable bonds is 3. The van der Waals surface area contributed by atoms with E-state index in [-0.39, 0.29) is 11.7 Å². The van der Waals surface area contributed by atoms with E-state index in [9.17, 15) is 9.59 Å². The van der Waals surface area contributed by atoms with E-state index >= 15 is 0 Å². The lowest BCUT2D eigenvalue weighted by molar-refractivity contribution is 0.101. The molecule has 2 rings (SSSR count). The van der Waals surface area contributed by atoms with Crippen LogP contribution in [0.15, 0.2) is 42.7 Å². The lowest BCUT2D eigenvalue weighted by Crippen LogP contribution is -2.12. The maximum atomic E-state index is 12.0. The molecule has 0 fully saturated rings. The number of benzene rings is 1. The summed E-state index contributed by atoms with van der Waals surface area (Å²) < 4.78 is 0. The maximum Gasteiger partial charge on any atom is 0.257 e. The largest absolute Gasteiger partial charge is 0.322 e. The van der Waals surface area contributed by atoms with Crippen molar-refractivity contribution in [3.8, 4) is 6.07 Å². The Balaban J connectivity index is 2.15. The second-order valence-electron chi connectivity index (χ2n) is 4.16. The molecule has 1 aromatic heterocycles. The van der Waals surface area contributed by atoms with Crippen LogP contribution in [0.1, 0.15) is 33.2 Å². The molecule has 0 aliphatic carbocycles. The summed E-state index contributed by atoms with van der Waals surface area (Å²) in [6, 6.07) is 9.97. The smallest absolute Gasteiger partial charge is 0.257 e. The number of nitriles is 1. The molecule has 1 N–H and O–H groups in total. The van der Waals surface area contributed by atoms with Crippen LogP contribution in [0.3, 0.4) is 0 Å². The van der Waals surface area contributed by atoms with Gasteiger partial charge in [-0.3, -0.25) is 14.6 Å². The van der Waals surface area contributed by atoms with Crippen molar-refractivity contribution in [3.63, 3.8) is 0 Å². The van der Waals surface area contributed by atoms with Crippen LogP contribution in [-0.2, 0) is 0 Å². The molecular formula is C15H11N3O2. The van der Waals surface area contributed by atoms with Crippen molar-refractivity contribution in [1.29, 1.82) is 5.26 Å². The van der Waals surface area contributed by atoms with Gasteiger partial charge in [0, 0.05) is 23.6 Å². The van der Waals surface area contributed by atoms with E-state index in [1.165, 1.54) is 25.4 Å². The Bertz CT molecular complexity index is 700. The van der Waals surface area contributed by atoms with Crippen LogP contribution in [0.5, 0.6) is 0 Å². The van der Waals surface area contributed by atoms with Crippen molar-refractivity contribution in [2.45, 2.75) is 6.92 Å². The lowest BCUT2D eigenvalue weighted by atomic mass is 10.1. The summed E-state index contributed by atoms with van der Waals surface area (Å²) >= 11 is 0. The Morgan fingerprint density at radius 1 is 1.15 bits per heavy atom. The highest BCUT2D eigenvalue weighted by Crippen LogP contribution is 2.12. The molecule has 1 amide bonds. The van der Waals surface area contributed by atoms with Gasteiger partial charge in [0.2, 0.25) is 0 Å². The quantitative estimate of drug-likeness (QED) is 0.864. The van der Waals surface area contributed by atoms with Gasteiger partial charge in [-0.15, -0.1) is 0 Å². The summed E-state index contributed by atoms with van der Waals surface area (Å²) in [5.74, 6) is -0.390. The van der Waals surface area contributed by atoms with Crippen molar-refractivity contribution in [2.24, 2.45) is 0 Å². The van der Waals surface area contributed by atoms with Crippen LogP contribution in [-0.4, -0.2) is 16.7 Å². The molecule has 0 bridgehead atoms. The molecule has 0 spiro atoms. The van der Waals surface area contributed by atoms with Gasteiger partial charge in [-0.25, -0.2) is 0 Å². The molecule has 98 valence electrons. The molecule has 0 aliphatic rings. The number of carbonyl (C=O) groups excluding carboxylic acids is 2. The average Bonchev–Trinajstić information content (AvgIpc) is 2.47. The van der Waals surface area contributed by atoms with E-state index in [4.69, 9.17) is 5.26 Å². The van der Waals surface area contributed by atoms with E-state index in [2.05, 4.69) is 10.3 Å². The zero-order valence-electron chi connectivity index (χ0n) is 10.8. The molecule has 0 atom stereocenters. The Morgan fingerprint density at radius 2 is 1.85 bits per heavy atom. The van der Waals surface area contributed by atoms with Crippen LogP contribution >= 0.6 is 0 Å². The number of hydrogen-bond acceptors (Lipinski definition) is 4. The topological polar surface area (TPSA) is 82.8 Å². The summed E-state index contributed by atoms with van der Waals surface area (Å²) in [5, 5.41) is 11.4. The number of hydrogen-bond donors (Lipinski definition) is 1. The third-order valence-corrected chi connectivity index (χ3v) is 2.68. The number of Topliss-reactive ketones (excluding diaryl/α,β-unsaturated/α-hetero) is 1. The van der Waals surface area contributed by atoms with E-state index < -0.39 is 0 Å². The first-order valence-corrected chi connectivity index (χ1v) is 5.87. The van der Waals surface area contributed by atoms with E-state index in [1.807, 2.05) is 6.07 Å². The van der Waals surface area contributed by atoms with Crippen molar-refractivity contribution >= 4 is 17.4 Å². The second kappa shape index (κ2) is 5.76. The molecule has 0 aliphatic heterocycles. The van der Waals surface area contributed by atoms with Crippen molar-refractivity contribution < 1.29 is 9.59 Å². The van der Waals surface area contributed by atoms with Crippen molar-refractivity contribution in [3.05, 3.63) is 59.4 Å². The highest BCUT2D eigenvalue weighted by atomic mass is 16.1. The van der Waals surface area contributed by atoms with Gasteiger partial charge in [0.1, 0.15) is 6.07 Å². The number of carbonyl (C=O) groups is 2. The van der Waals surface area contributed by atoms with Gasteiger partial charge in [-0.05, 0) is 37.3 Å². The predicted molar refractivity (Wildman–Crippen MR) is 73.4 cm³/mol. The summed E-state index contributed by atoms with van der Waals surface area (Å²) in [5.41, 5.74) is 1.78. The summed E-state index contributed by atoms with van der Waals surface area (Å²) in [6.07, 6.45) is 2.78. The number of aromatic nitrogens is 1. The van der Waals surface area contributed by atoms with Crippen LogP contribution in [0, 0.1) is 11.3 Å². The van der Waals surface area contributed by atoms with Gasteiger partial charge in [-0.2, -0.15) is 5.26 Å². The fraction of sp³-hybridized carbons (Fsp3) is 0.0667. The number of pyridine rings is 1. The minimum Gasteiger partial charge on any atom is -0.322 e. The zero-order valence-corrected chi connectivity index (χ0v) is 10.8. The molecule has 20 heavy (non-hydrogen) atoms. The van der Waals surface area contributed by atoms with Gasteiger partial charge in [0.05, 0.1) is 11.1 Å². The molecular weight excluding hydrogens is 254 g/mol. The van der Waals surface area contributed by atoms with Gasteiger partial charge in [0.25, 0.3) is 5.91 Å². The van der Waals surface area contributed by atoms with Crippen LogP contribution < -0.4 is 5.32 Å². The number of ketones is 1. The standard InChI is InChI=1S/C15H11N3O2/c1-10(19)12-2-4-14(5-3-12)18-15(20)13-6-11(7-16)8-17-9-13/h2-6,8-9H,1H3,(H,18,20). The minimum absolute atomic E-state index is 0.0335. The van der Waals surface area contributed by atoms with Crippen LogP contribution in [0.2, 0.25) is 0 Å². The Hall–Kier alpha value is -3.00. The second-order valence-corrected chi connectivity index (χ2v) is 4.16. The first-order chi connectivity index (χ1) is 9.60. The van der Waals surface area contributed by atoms with Gasteiger partial charge in [0.15, 0.2) is 5.78 Å². The van der Waals surface area contributed by atoms with Crippen LogP contribution in [0.4, 0.5) is 5.69 Å². The zero-order chi connectivity index (χ0) is 14.5. The number of nitrogens with one attached hydrogen (secondary N) is 1. The summed E-state index contributed by atoms with van der Waals surface area (Å²) in [6.45, 7) is 1.48. The number of amides is 1. The fourth-order valence-corrected chi connectivity index (χ4v) is 1.62. The SMILES string of the molecule is CC(=O)c1ccc(NC(=O)c2cncc(C#N)c2)cc1. The normalized spacial score (nSPS) is 9.60. The number of nitrogens with zero attached hydrogens (tertiary/aromatic N) is 2. The molecule has 1 heterocycles. The van der Waals surface area contributed by atoms with Crippen molar-refractivity contribution in [2.75, 3.05) is 5.32 Å². The minimum atomic E-state index is -0.356. The van der Waals surface area contributed by atoms with Gasteiger partial charge < -0.3 is 5.32 Å². The van der Waals surface area contributed by atoms with Gasteiger partial charge in [-0.1, -0.05) is 0 Å². The monoisotopic (exact) mass is 265 g/mol.